The number of hydrogen-bond donors (Lipinski definition) is 2. The van der Waals surface area contributed by atoms with Gasteiger partial charge in [-0.15, -0.1) is 0 Å². The number of alkyl halides is 3. The van der Waals surface area contributed by atoms with Gasteiger partial charge in [0.15, 0.2) is 6.10 Å². The van der Waals surface area contributed by atoms with E-state index in [1.54, 1.807) is 24.3 Å². The molecule has 19 heavy (non-hydrogen) atoms. The minimum absolute atomic E-state index is 0.336. The van der Waals surface area contributed by atoms with Gasteiger partial charge >= 0.3 is 6.18 Å². The van der Waals surface area contributed by atoms with Gasteiger partial charge in [0.2, 0.25) is 0 Å². The number of halogens is 4. The highest BCUT2D eigenvalue weighted by molar-refractivity contribution is 9.10. The van der Waals surface area contributed by atoms with Crippen LogP contribution in [-0.2, 0) is 0 Å². The number of benzene rings is 1. The van der Waals surface area contributed by atoms with E-state index in [0.717, 1.165) is 4.47 Å². The summed E-state index contributed by atoms with van der Waals surface area (Å²) in [6.07, 6.45) is -7.09. The predicted octanol–water partition coefficient (Wildman–Crippen LogP) is 2.34. The molecule has 0 amide bonds. The SMILES string of the molecule is CN(C[C@H](O)C(F)(F)F)[C@H](CO)c1cccc(Br)c1. The fourth-order valence-corrected chi connectivity index (χ4v) is 2.13. The largest absolute Gasteiger partial charge is 0.415 e. The molecule has 0 aliphatic rings. The third-order valence-electron chi connectivity index (χ3n) is 2.78. The Balaban J connectivity index is 2.80. The third kappa shape index (κ3) is 4.76. The van der Waals surface area contributed by atoms with Crippen molar-refractivity contribution in [2.24, 2.45) is 0 Å². The maximum absolute atomic E-state index is 12.3. The monoisotopic (exact) mass is 341 g/mol. The van der Waals surface area contributed by atoms with Crippen molar-refractivity contribution in [2.45, 2.75) is 18.3 Å². The van der Waals surface area contributed by atoms with E-state index in [2.05, 4.69) is 15.9 Å². The van der Waals surface area contributed by atoms with Gasteiger partial charge in [0.25, 0.3) is 0 Å². The van der Waals surface area contributed by atoms with Crippen molar-refractivity contribution in [2.75, 3.05) is 20.2 Å². The Bertz CT molecular complexity index is 414. The molecule has 1 aromatic rings. The van der Waals surface area contributed by atoms with Crippen molar-refractivity contribution in [3.63, 3.8) is 0 Å². The molecule has 0 bridgehead atoms. The highest BCUT2D eigenvalue weighted by Gasteiger charge is 2.39. The van der Waals surface area contributed by atoms with E-state index in [4.69, 9.17) is 5.11 Å². The number of likely N-dealkylation sites (N-methyl/N-ethyl adjacent to an activating group) is 1. The van der Waals surface area contributed by atoms with E-state index in [1.807, 2.05) is 0 Å². The van der Waals surface area contributed by atoms with Crippen molar-refractivity contribution in [1.29, 1.82) is 0 Å². The molecule has 0 aromatic heterocycles. The van der Waals surface area contributed by atoms with E-state index >= 15 is 0 Å². The van der Waals surface area contributed by atoms with Crippen LogP contribution < -0.4 is 0 Å². The van der Waals surface area contributed by atoms with Gasteiger partial charge in [-0.2, -0.15) is 13.2 Å². The maximum Gasteiger partial charge on any atom is 0.415 e. The summed E-state index contributed by atoms with van der Waals surface area (Å²) in [6, 6.07) is 6.34. The van der Waals surface area contributed by atoms with Crippen molar-refractivity contribution >= 4 is 15.9 Å². The zero-order valence-electron chi connectivity index (χ0n) is 10.2. The van der Waals surface area contributed by atoms with E-state index in [9.17, 15) is 18.3 Å². The average Bonchev–Trinajstić information content (AvgIpc) is 2.28. The lowest BCUT2D eigenvalue weighted by atomic mass is 10.1. The Hall–Kier alpha value is -0.630. The number of aliphatic hydroxyl groups is 2. The molecule has 0 unspecified atom stereocenters. The molecule has 0 radical (unpaired) electrons. The van der Waals surface area contributed by atoms with Gasteiger partial charge in [-0.3, -0.25) is 4.90 Å². The molecular weight excluding hydrogens is 327 g/mol. The second kappa shape index (κ2) is 6.69. The van der Waals surface area contributed by atoms with Crippen LogP contribution in [0.5, 0.6) is 0 Å². The summed E-state index contributed by atoms with van der Waals surface area (Å²) >= 11 is 3.26. The molecule has 108 valence electrons. The van der Waals surface area contributed by atoms with Gasteiger partial charge in [0.05, 0.1) is 12.6 Å². The minimum Gasteiger partial charge on any atom is -0.394 e. The van der Waals surface area contributed by atoms with Gasteiger partial charge < -0.3 is 10.2 Å². The molecule has 0 fully saturated rings. The topological polar surface area (TPSA) is 43.7 Å². The molecule has 0 aliphatic carbocycles. The summed E-state index contributed by atoms with van der Waals surface area (Å²) in [5.74, 6) is 0. The average molecular weight is 342 g/mol. The van der Waals surface area contributed by atoms with Crippen molar-refractivity contribution < 1.29 is 23.4 Å². The van der Waals surface area contributed by atoms with E-state index in [-0.39, 0.29) is 6.61 Å². The van der Waals surface area contributed by atoms with Crippen molar-refractivity contribution in [3.05, 3.63) is 34.3 Å². The van der Waals surface area contributed by atoms with Crippen molar-refractivity contribution in [1.82, 2.24) is 4.90 Å². The quantitative estimate of drug-likeness (QED) is 0.863. The van der Waals surface area contributed by atoms with Crippen LogP contribution in [0, 0.1) is 0 Å². The molecule has 0 saturated heterocycles. The lowest BCUT2D eigenvalue weighted by Crippen LogP contribution is -2.41. The van der Waals surface area contributed by atoms with Crippen LogP contribution in [-0.4, -0.2) is 47.6 Å². The summed E-state index contributed by atoms with van der Waals surface area (Å²) in [7, 11) is 1.43. The molecule has 2 atom stereocenters. The van der Waals surface area contributed by atoms with Gasteiger partial charge in [0.1, 0.15) is 0 Å². The molecule has 0 spiro atoms. The molecule has 2 N–H and O–H groups in total. The Morgan fingerprint density at radius 3 is 2.47 bits per heavy atom. The second-order valence-electron chi connectivity index (χ2n) is 4.25. The summed E-state index contributed by atoms with van der Waals surface area (Å²) in [5, 5.41) is 18.4. The number of aliphatic hydroxyl groups excluding tert-OH is 2. The zero-order chi connectivity index (χ0) is 14.6. The Labute approximate surface area is 117 Å². The highest BCUT2D eigenvalue weighted by Crippen LogP contribution is 2.25. The molecule has 1 rings (SSSR count). The number of hydrogen-bond acceptors (Lipinski definition) is 3. The standard InChI is InChI=1S/C12H15BrF3NO2/c1-17(6-11(19)12(14,15)16)10(7-18)8-3-2-4-9(13)5-8/h2-5,10-11,18-19H,6-7H2,1H3/t10-,11+/m1/s1. The van der Waals surface area contributed by atoms with Crippen LogP contribution >= 0.6 is 15.9 Å². The fraction of sp³-hybridized carbons (Fsp3) is 0.500. The number of nitrogens with zero attached hydrogens (tertiary/aromatic N) is 1. The summed E-state index contributed by atoms with van der Waals surface area (Å²) in [4.78, 5) is 1.28. The molecule has 3 nitrogen and oxygen atoms in total. The summed E-state index contributed by atoms with van der Waals surface area (Å²) < 4.78 is 37.7. The van der Waals surface area contributed by atoms with Crippen LogP contribution in [0.15, 0.2) is 28.7 Å². The van der Waals surface area contributed by atoms with Gasteiger partial charge in [-0.1, -0.05) is 28.1 Å². The first kappa shape index (κ1) is 16.4. The van der Waals surface area contributed by atoms with Crippen LogP contribution in [0.3, 0.4) is 0 Å². The minimum atomic E-state index is -4.66. The third-order valence-corrected chi connectivity index (χ3v) is 3.27. The first-order valence-electron chi connectivity index (χ1n) is 5.57. The Morgan fingerprint density at radius 2 is 2.00 bits per heavy atom. The Kier molecular flexibility index (Phi) is 5.79. The molecule has 7 heteroatoms. The van der Waals surface area contributed by atoms with Crippen LogP contribution in [0.1, 0.15) is 11.6 Å². The lowest BCUT2D eigenvalue weighted by Gasteiger charge is -2.29. The number of rotatable bonds is 5. The zero-order valence-corrected chi connectivity index (χ0v) is 11.8. The van der Waals surface area contributed by atoms with Crippen LogP contribution in [0.2, 0.25) is 0 Å². The second-order valence-corrected chi connectivity index (χ2v) is 5.17. The van der Waals surface area contributed by atoms with Gasteiger partial charge in [0, 0.05) is 11.0 Å². The van der Waals surface area contributed by atoms with Crippen LogP contribution in [0.25, 0.3) is 0 Å². The van der Waals surface area contributed by atoms with E-state index in [1.165, 1.54) is 11.9 Å². The molecule has 0 saturated carbocycles. The molecular formula is C12H15BrF3NO2. The smallest absolute Gasteiger partial charge is 0.394 e. The lowest BCUT2D eigenvalue weighted by molar-refractivity contribution is -0.209. The maximum atomic E-state index is 12.3. The highest BCUT2D eigenvalue weighted by atomic mass is 79.9. The normalized spacial score (nSPS) is 15.6. The molecule has 0 heterocycles. The first-order valence-corrected chi connectivity index (χ1v) is 6.36. The predicted molar refractivity (Wildman–Crippen MR) is 68.7 cm³/mol. The first-order chi connectivity index (χ1) is 8.75. The van der Waals surface area contributed by atoms with Crippen molar-refractivity contribution in [3.8, 4) is 0 Å². The fourth-order valence-electron chi connectivity index (χ4n) is 1.72. The van der Waals surface area contributed by atoms with Crippen LogP contribution in [0.4, 0.5) is 13.2 Å². The molecule has 0 aliphatic heterocycles. The summed E-state index contributed by atoms with van der Waals surface area (Å²) in [6.45, 7) is -0.932. The summed E-state index contributed by atoms with van der Waals surface area (Å²) in [5.41, 5.74) is 0.675. The van der Waals surface area contributed by atoms with Gasteiger partial charge in [-0.25, -0.2) is 0 Å². The van der Waals surface area contributed by atoms with E-state index < -0.39 is 24.9 Å². The Morgan fingerprint density at radius 1 is 1.37 bits per heavy atom. The van der Waals surface area contributed by atoms with E-state index in [0.29, 0.717) is 5.56 Å². The molecule has 1 aromatic carbocycles. The van der Waals surface area contributed by atoms with Gasteiger partial charge in [-0.05, 0) is 24.7 Å².